The summed E-state index contributed by atoms with van der Waals surface area (Å²) in [5.74, 6) is 1.02. The zero-order valence-electron chi connectivity index (χ0n) is 16.2. The number of likely N-dealkylation sites (tertiary alicyclic amines) is 1. The van der Waals surface area contributed by atoms with Crippen LogP contribution in [-0.2, 0) is 0 Å². The largest absolute Gasteiger partial charge is 0.497 e. The molecule has 0 aliphatic carbocycles. The number of rotatable bonds is 4. The first-order chi connectivity index (χ1) is 13.6. The molecule has 2 aromatic rings. The average molecular weight is 384 g/mol. The highest BCUT2D eigenvalue weighted by molar-refractivity contribution is 5.97. The van der Waals surface area contributed by atoms with Gasteiger partial charge in [0.25, 0.3) is 5.91 Å². The average Bonchev–Trinajstić information content (AvgIpc) is 3.17. The Labute approximate surface area is 164 Å². The van der Waals surface area contributed by atoms with Gasteiger partial charge < -0.3 is 19.7 Å². The predicted molar refractivity (Wildman–Crippen MR) is 105 cm³/mol. The van der Waals surface area contributed by atoms with E-state index in [1.807, 2.05) is 17.0 Å². The summed E-state index contributed by atoms with van der Waals surface area (Å²) in [4.78, 5) is 15.4. The van der Waals surface area contributed by atoms with Gasteiger partial charge in [0.2, 0.25) is 0 Å². The predicted octanol–water partition coefficient (Wildman–Crippen LogP) is 3.20. The fourth-order valence-corrected chi connectivity index (χ4v) is 4.53. The van der Waals surface area contributed by atoms with Crippen LogP contribution in [0.1, 0.15) is 34.7 Å². The van der Waals surface area contributed by atoms with Crippen LogP contribution in [0, 0.1) is 5.82 Å². The highest BCUT2D eigenvalue weighted by Gasteiger charge is 2.44. The van der Waals surface area contributed by atoms with E-state index in [1.54, 1.807) is 32.4 Å². The Kier molecular flexibility index (Phi) is 5.22. The molecule has 2 aromatic carbocycles. The van der Waals surface area contributed by atoms with E-state index in [-0.39, 0.29) is 29.7 Å². The minimum absolute atomic E-state index is 0.0370. The van der Waals surface area contributed by atoms with Gasteiger partial charge in [-0.15, -0.1) is 0 Å². The van der Waals surface area contributed by atoms with Gasteiger partial charge in [-0.1, -0.05) is 12.1 Å². The maximum Gasteiger partial charge on any atom is 0.257 e. The van der Waals surface area contributed by atoms with Crippen molar-refractivity contribution in [3.8, 4) is 11.5 Å². The van der Waals surface area contributed by atoms with Crippen molar-refractivity contribution < 1.29 is 18.7 Å². The molecule has 2 aliphatic rings. The quantitative estimate of drug-likeness (QED) is 0.880. The first-order valence-corrected chi connectivity index (χ1v) is 9.64. The number of halogens is 1. The van der Waals surface area contributed by atoms with Gasteiger partial charge in [0.1, 0.15) is 17.3 Å². The number of hydrogen-bond acceptors (Lipinski definition) is 4. The molecule has 2 heterocycles. The summed E-state index contributed by atoms with van der Waals surface area (Å²) in [7, 11) is 3.14. The molecule has 0 spiro atoms. The first kappa shape index (κ1) is 18.7. The standard InChI is InChI=1S/C22H25FN2O3/c1-27-16-9-10-17(20(12-16)28-2)22(26)25-11-3-4-19-21(25)18(13-24-19)14-5-7-15(23)8-6-14/h5-10,12,18-19,21,24H,3-4,11,13H2,1-2H3/t18-,19-,21-/m1/s1. The van der Waals surface area contributed by atoms with E-state index in [1.165, 1.54) is 12.1 Å². The number of nitrogens with zero attached hydrogens (tertiary/aromatic N) is 1. The molecule has 0 bridgehead atoms. The van der Waals surface area contributed by atoms with Crippen molar-refractivity contribution >= 4 is 5.91 Å². The Morgan fingerprint density at radius 3 is 2.64 bits per heavy atom. The Balaban J connectivity index is 1.66. The molecule has 2 saturated heterocycles. The highest BCUT2D eigenvalue weighted by atomic mass is 19.1. The number of benzene rings is 2. The third kappa shape index (κ3) is 3.33. The molecule has 3 atom stereocenters. The second-order valence-corrected chi connectivity index (χ2v) is 7.37. The number of ether oxygens (including phenoxy) is 2. The monoisotopic (exact) mass is 384 g/mol. The fourth-order valence-electron chi connectivity index (χ4n) is 4.53. The van der Waals surface area contributed by atoms with Crippen molar-refractivity contribution in [2.45, 2.75) is 30.8 Å². The van der Waals surface area contributed by atoms with Crippen molar-refractivity contribution in [2.24, 2.45) is 0 Å². The molecule has 148 valence electrons. The number of nitrogens with one attached hydrogen (secondary N) is 1. The van der Waals surface area contributed by atoms with E-state index < -0.39 is 0 Å². The molecule has 4 rings (SSSR count). The molecule has 0 radical (unpaired) electrons. The lowest BCUT2D eigenvalue weighted by molar-refractivity contribution is 0.0575. The van der Waals surface area contributed by atoms with Crippen molar-refractivity contribution in [2.75, 3.05) is 27.3 Å². The smallest absolute Gasteiger partial charge is 0.257 e. The van der Waals surface area contributed by atoms with Crippen LogP contribution in [0.4, 0.5) is 4.39 Å². The van der Waals surface area contributed by atoms with Crippen molar-refractivity contribution in [3.63, 3.8) is 0 Å². The minimum atomic E-state index is -0.245. The van der Waals surface area contributed by atoms with E-state index >= 15 is 0 Å². The van der Waals surface area contributed by atoms with Crippen LogP contribution in [0.15, 0.2) is 42.5 Å². The van der Waals surface area contributed by atoms with Crippen molar-refractivity contribution in [1.82, 2.24) is 10.2 Å². The molecule has 1 N–H and O–H groups in total. The molecule has 1 amide bonds. The number of methoxy groups -OCH3 is 2. The summed E-state index contributed by atoms with van der Waals surface area (Å²) in [5.41, 5.74) is 1.59. The number of carbonyl (C=O) groups is 1. The van der Waals surface area contributed by atoms with Gasteiger partial charge in [0.15, 0.2) is 0 Å². The molecule has 0 aromatic heterocycles. The normalized spacial score (nSPS) is 24.0. The Bertz CT molecular complexity index is 855. The van der Waals surface area contributed by atoms with Crippen LogP contribution in [-0.4, -0.2) is 50.2 Å². The molecule has 2 fully saturated rings. The first-order valence-electron chi connectivity index (χ1n) is 9.64. The number of piperidine rings is 1. The summed E-state index contributed by atoms with van der Waals surface area (Å²) in [5, 5.41) is 3.57. The molecule has 2 aliphatic heterocycles. The van der Waals surface area contributed by atoms with Crippen LogP contribution < -0.4 is 14.8 Å². The lowest BCUT2D eigenvalue weighted by Crippen LogP contribution is -2.52. The van der Waals surface area contributed by atoms with E-state index in [2.05, 4.69) is 5.32 Å². The molecule has 0 unspecified atom stereocenters. The summed E-state index contributed by atoms with van der Waals surface area (Å²) in [6.45, 7) is 1.49. The third-order valence-electron chi connectivity index (χ3n) is 5.90. The van der Waals surface area contributed by atoms with Crippen LogP contribution in [0.3, 0.4) is 0 Å². The van der Waals surface area contributed by atoms with Gasteiger partial charge in [-0.3, -0.25) is 4.79 Å². The highest BCUT2D eigenvalue weighted by Crippen LogP contribution is 2.37. The number of fused-ring (bicyclic) bond motifs is 1. The molecule has 5 nitrogen and oxygen atoms in total. The van der Waals surface area contributed by atoms with Gasteiger partial charge in [-0.25, -0.2) is 4.39 Å². The number of amides is 1. The lowest BCUT2D eigenvalue weighted by Gasteiger charge is -2.40. The van der Waals surface area contributed by atoms with Crippen molar-refractivity contribution in [1.29, 1.82) is 0 Å². The summed E-state index contributed by atoms with van der Waals surface area (Å²) in [6.07, 6.45) is 1.99. The lowest BCUT2D eigenvalue weighted by atomic mass is 9.85. The molecular formula is C22H25FN2O3. The minimum Gasteiger partial charge on any atom is -0.497 e. The van der Waals surface area contributed by atoms with Crippen LogP contribution in [0.2, 0.25) is 0 Å². The van der Waals surface area contributed by atoms with Gasteiger partial charge in [-0.2, -0.15) is 0 Å². The van der Waals surface area contributed by atoms with Crippen LogP contribution in [0.25, 0.3) is 0 Å². The maximum atomic E-state index is 13.5. The summed E-state index contributed by atoms with van der Waals surface area (Å²) in [6, 6.07) is 12.2. The fraction of sp³-hybridized carbons (Fsp3) is 0.409. The summed E-state index contributed by atoms with van der Waals surface area (Å²) >= 11 is 0. The topological polar surface area (TPSA) is 50.8 Å². The van der Waals surface area contributed by atoms with Gasteiger partial charge in [0, 0.05) is 31.1 Å². The number of carbonyl (C=O) groups excluding carboxylic acids is 1. The zero-order chi connectivity index (χ0) is 19.7. The molecule has 28 heavy (non-hydrogen) atoms. The van der Waals surface area contributed by atoms with E-state index in [0.29, 0.717) is 23.6 Å². The molecular weight excluding hydrogens is 359 g/mol. The second-order valence-electron chi connectivity index (χ2n) is 7.37. The van der Waals surface area contributed by atoms with Crippen LogP contribution >= 0.6 is 0 Å². The zero-order valence-corrected chi connectivity index (χ0v) is 16.2. The van der Waals surface area contributed by atoms with Gasteiger partial charge in [-0.05, 0) is 42.7 Å². The van der Waals surface area contributed by atoms with E-state index in [9.17, 15) is 9.18 Å². The van der Waals surface area contributed by atoms with Crippen LogP contribution in [0.5, 0.6) is 11.5 Å². The second kappa shape index (κ2) is 7.80. The maximum absolute atomic E-state index is 13.5. The van der Waals surface area contributed by atoms with Gasteiger partial charge in [0.05, 0.1) is 25.8 Å². The number of hydrogen-bond donors (Lipinski definition) is 1. The molecule has 6 heteroatoms. The third-order valence-corrected chi connectivity index (χ3v) is 5.90. The van der Waals surface area contributed by atoms with E-state index in [0.717, 1.165) is 24.9 Å². The Morgan fingerprint density at radius 1 is 1.14 bits per heavy atom. The van der Waals surface area contributed by atoms with Crippen molar-refractivity contribution in [3.05, 3.63) is 59.4 Å². The summed E-state index contributed by atoms with van der Waals surface area (Å²) < 4.78 is 24.1. The van der Waals surface area contributed by atoms with Gasteiger partial charge >= 0.3 is 0 Å². The molecule has 0 saturated carbocycles. The SMILES string of the molecule is COc1ccc(C(=O)N2CCC[C@H]3NC[C@H](c4ccc(F)cc4)[C@H]32)c(OC)c1. The van der Waals surface area contributed by atoms with E-state index in [4.69, 9.17) is 9.47 Å². The Morgan fingerprint density at radius 2 is 1.93 bits per heavy atom. The Hall–Kier alpha value is -2.60.